The Morgan fingerprint density at radius 1 is 1.10 bits per heavy atom. The maximum Gasteiger partial charge on any atom is 0.128 e. The Bertz CT molecular complexity index is 629. The summed E-state index contributed by atoms with van der Waals surface area (Å²) in [5.74, 6) is 2.30. The van der Waals surface area contributed by atoms with Crippen LogP contribution in [0.3, 0.4) is 0 Å². The van der Waals surface area contributed by atoms with Crippen LogP contribution in [-0.4, -0.2) is 11.6 Å². The van der Waals surface area contributed by atoms with Gasteiger partial charge >= 0.3 is 0 Å². The van der Waals surface area contributed by atoms with Gasteiger partial charge in [0.05, 0.1) is 6.61 Å². The monoisotopic (exact) mass is 365 g/mol. The minimum absolute atomic E-state index is 0.353. The topological polar surface area (TPSA) is 44.5 Å². The standard InChI is InChI=1S/C16H16BrNO2S/c1-2-9-19-11-3-5-12(6-4-11)20-13-7-8-14(16(18)21)15(17)10-13/h3-8,10H,2,9H2,1H3,(H2,18,21). The summed E-state index contributed by atoms with van der Waals surface area (Å²) in [6.07, 6.45) is 0.988. The second-order valence-corrected chi connectivity index (χ2v) is 5.72. The van der Waals surface area contributed by atoms with Crippen molar-refractivity contribution in [2.75, 3.05) is 6.61 Å². The molecule has 0 saturated carbocycles. The molecular weight excluding hydrogens is 350 g/mol. The third kappa shape index (κ3) is 4.44. The van der Waals surface area contributed by atoms with Crippen molar-refractivity contribution in [1.29, 1.82) is 0 Å². The molecule has 110 valence electrons. The lowest BCUT2D eigenvalue weighted by Gasteiger charge is -2.09. The number of benzene rings is 2. The van der Waals surface area contributed by atoms with E-state index in [2.05, 4.69) is 22.9 Å². The molecule has 0 bridgehead atoms. The Hall–Kier alpha value is -1.59. The first-order valence-electron chi connectivity index (χ1n) is 6.60. The molecule has 5 heteroatoms. The van der Waals surface area contributed by atoms with Crippen molar-refractivity contribution in [1.82, 2.24) is 0 Å². The zero-order valence-corrected chi connectivity index (χ0v) is 14.0. The summed E-state index contributed by atoms with van der Waals surface area (Å²) >= 11 is 8.40. The normalized spacial score (nSPS) is 10.2. The van der Waals surface area contributed by atoms with E-state index in [1.54, 1.807) is 0 Å². The van der Waals surface area contributed by atoms with Gasteiger partial charge in [-0.1, -0.05) is 19.1 Å². The van der Waals surface area contributed by atoms with Gasteiger partial charge in [0.1, 0.15) is 22.2 Å². The highest BCUT2D eigenvalue weighted by atomic mass is 79.9. The highest BCUT2D eigenvalue weighted by Crippen LogP contribution is 2.28. The number of halogens is 1. The third-order valence-electron chi connectivity index (χ3n) is 2.74. The van der Waals surface area contributed by atoms with Gasteiger partial charge in [0, 0.05) is 10.0 Å². The quantitative estimate of drug-likeness (QED) is 0.755. The predicted molar refractivity (Wildman–Crippen MR) is 92.3 cm³/mol. The van der Waals surface area contributed by atoms with Crippen molar-refractivity contribution in [3.05, 3.63) is 52.5 Å². The van der Waals surface area contributed by atoms with Gasteiger partial charge in [-0.05, 0) is 64.8 Å². The first-order valence-corrected chi connectivity index (χ1v) is 7.80. The summed E-state index contributed by atoms with van der Waals surface area (Å²) in [4.78, 5) is 0.353. The summed E-state index contributed by atoms with van der Waals surface area (Å²) in [5.41, 5.74) is 6.41. The average molecular weight is 366 g/mol. The lowest BCUT2D eigenvalue weighted by molar-refractivity contribution is 0.317. The lowest BCUT2D eigenvalue weighted by Crippen LogP contribution is -2.09. The Morgan fingerprint density at radius 3 is 2.29 bits per heavy atom. The van der Waals surface area contributed by atoms with Gasteiger partial charge in [0.2, 0.25) is 0 Å². The van der Waals surface area contributed by atoms with E-state index in [0.717, 1.165) is 28.0 Å². The summed E-state index contributed by atoms with van der Waals surface area (Å²) < 4.78 is 12.1. The van der Waals surface area contributed by atoms with Crippen molar-refractivity contribution in [2.45, 2.75) is 13.3 Å². The zero-order valence-electron chi connectivity index (χ0n) is 11.6. The maximum atomic E-state index is 5.78. The second kappa shape index (κ2) is 7.43. The van der Waals surface area contributed by atoms with E-state index in [1.807, 2.05) is 42.5 Å². The Balaban J connectivity index is 2.07. The second-order valence-electron chi connectivity index (χ2n) is 4.43. The van der Waals surface area contributed by atoms with Gasteiger partial charge < -0.3 is 15.2 Å². The van der Waals surface area contributed by atoms with Crippen LogP contribution in [0.1, 0.15) is 18.9 Å². The molecule has 0 saturated heterocycles. The van der Waals surface area contributed by atoms with Crippen LogP contribution in [0.2, 0.25) is 0 Å². The smallest absolute Gasteiger partial charge is 0.128 e. The summed E-state index contributed by atoms with van der Waals surface area (Å²) in [6.45, 7) is 2.79. The minimum atomic E-state index is 0.353. The summed E-state index contributed by atoms with van der Waals surface area (Å²) in [6, 6.07) is 13.0. The molecule has 0 atom stereocenters. The molecule has 0 aliphatic carbocycles. The van der Waals surface area contributed by atoms with Gasteiger partial charge in [-0.2, -0.15) is 0 Å². The Morgan fingerprint density at radius 2 is 1.71 bits per heavy atom. The van der Waals surface area contributed by atoms with Crippen LogP contribution >= 0.6 is 28.1 Å². The molecule has 0 spiro atoms. The fourth-order valence-electron chi connectivity index (χ4n) is 1.72. The van der Waals surface area contributed by atoms with Crippen LogP contribution in [0.4, 0.5) is 0 Å². The third-order valence-corrected chi connectivity index (χ3v) is 3.61. The largest absolute Gasteiger partial charge is 0.494 e. The van der Waals surface area contributed by atoms with Crippen LogP contribution in [0, 0.1) is 0 Å². The SMILES string of the molecule is CCCOc1ccc(Oc2ccc(C(N)=S)c(Br)c2)cc1. The van der Waals surface area contributed by atoms with Crippen molar-refractivity contribution in [2.24, 2.45) is 5.73 Å². The van der Waals surface area contributed by atoms with Crippen LogP contribution in [0.5, 0.6) is 17.2 Å². The van der Waals surface area contributed by atoms with E-state index in [0.29, 0.717) is 17.3 Å². The minimum Gasteiger partial charge on any atom is -0.494 e. The predicted octanol–water partition coefficient (Wildman–Crippen LogP) is 4.66. The van der Waals surface area contributed by atoms with Crippen molar-refractivity contribution in [3.8, 4) is 17.2 Å². The van der Waals surface area contributed by atoms with E-state index in [9.17, 15) is 0 Å². The molecule has 2 rings (SSSR count). The summed E-state index contributed by atoms with van der Waals surface area (Å²) in [5, 5.41) is 0. The molecule has 0 aromatic heterocycles. The molecule has 2 aromatic carbocycles. The van der Waals surface area contributed by atoms with Crippen LogP contribution < -0.4 is 15.2 Å². The van der Waals surface area contributed by atoms with Gasteiger partial charge in [0.15, 0.2) is 0 Å². The Labute approximate surface area is 138 Å². The number of rotatable bonds is 6. The molecule has 2 N–H and O–H groups in total. The van der Waals surface area contributed by atoms with E-state index < -0.39 is 0 Å². The van der Waals surface area contributed by atoms with Crippen LogP contribution in [0.15, 0.2) is 46.9 Å². The first-order chi connectivity index (χ1) is 10.1. The van der Waals surface area contributed by atoms with E-state index >= 15 is 0 Å². The molecule has 0 aliphatic rings. The van der Waals surface area contributed by atoms with Crippen molar-refractivity contribution >= 4 is 33.1 Å². The molecule has 0 fully saturated rings. The molecule has 0 amide bonds. The summed E-state index contributed by atoms with van der Waals surface area (Å²) in [7, 11) is 0. The van der Waals surface area contributed by atoms with Crippen molar-refractivity contribution in [3.63, 3.8) is 0 Å². The fourth-order valence-corrected chi connectivity index (χ4v) is 2.60. The van der Waals surface area contributed by atoms with Gasteiger partial charge in [-0.3, -0.25) is 0 Å². The zero-order chi connectivity index (χ0) is 15.2. The Kier molecular flexibility index (Phi) is 5.59. The van der Waals surface area contributed by atoms with Gasteiger partial charge in [0.25, 0.3) is 0 Å². The lowest BCUT2D eigenvalue weighted by atomic mass is 10.2. The molecule has 0 radical (unpaired) electrons. The molecule has 3 nitrogen and oxygen atoms in total. The van der Waals surface area contributed by atoms with Gasteiger partial charge in [-0.15, -0.1) is 0 Å². The number of nitrogens with two attached hydrogens (primary N) is 1. The average Bonchev–Trinajstić information content (AvgIpc) is 2.46. The van der Waals surface area contributed by atoms with Crippen LogP contribution in [-0.2, 0) is 0 Å². The number of hydrogen-bond donors (Lipinski definition) is 1. The molecule has 21 heavy (non-hydrogen) atoms. The number of ether oxygens (including phenoxy) is 2. The van der Waals surface area contributed by atoms with E-state index in [1.165, 1.54) is 0 Å². The van der Waals surface area contributed by atoms with Crippen LogP contribution in [0.25, 0.3) is 0 Å². The van der Waals surface area contributed by atoms with E-state index in [-0.39, 0.29) is 0 Å². The molecule has 2 aromatic rings. The van der Waals surface area contributed by atoms with Crippen molar-refractivity contribution < 1.29 is 9.47 Å². The maximum absolute atomic E-state index is 5.78. The first kappa shape index (κ1) is 15.8. The molecule has 0 unspecified atom stereocenters. The number of hydrogen-bond acceptors (Lipinski definition) is 3. The highest BCUT2D eigenvalue weighted by Gasteiger charge is 2.05. The fraction of sp³-hybridized carbons (Fsp3) is 0.188. The number of thiocarbonyl (C=S) groups is 1. The highest BCUT2D eigenvalue weighted by molar-refractivity contribution is 9.10. The molecule has 0 heterocycles. The van der Waals surface area contributed by atoms with E-state index in [4.69, 9.17) is 27.4 Å². The van der Waals surface area contributed by atoms with Gasteiger partial charge in [-0.25, -0.2) is 0 Å². The molecular formula is C16H16BrNO2S. The molecule has 0 aliphatic heterocycles.